The fourth-order valence-corrected chi connectivity index (χ4v) is 2.13. The van der Waals surface area contributed by atoms with Crippen LogP contribution in [0.3, 0.4) is 0 Å². The van der Waals surface area contributed by atoms with E-state index in [-0.39, 0.29) is 5.75 Å². The molecule has 0 aliphatic rings. The molecule has 0 aromatic heterocycles. The van der Waals surface area contributed by atoms with E-state index < -0.39 is 0 Å². The number of phenolic OH excluding ortho intramolecular Hbond substituents is 1. The van der Waals surface area contributed by atoms with Crippen molar-refractivity contribution in [3.8, 4) is 11.5 Å². The van der Waals surface area contributed by atoms with Gasteiger partial charge >= 0.3 is 0 Å². The molecule has 2 rings (SSSR count). The average Bonchev–Trinajstić information content (AvgIpc) is 2.50. The maximum absolute atomic E-state index is 9.64. The Kier molecular flexibility index (Phi) is 6.19. The van der Waals surface area contributed by atoms with Gasteiger partial charge in [0.05, 0.1) is 12.8 Å². The molecule has 7 heteroatoms. The Morgan fingerprint density at radius 1 is 1.35 bits per heavy atom. The van der Waals surface area contributed by atoms with Gasteiger partial charge < -0.3 is 15.2 Å². The molecular formula is C16H16ClN3O2S. The molecule has 0 atom stereocenters. The first-order valence-corrected chi connectivity index (χ1v) is 7.68. The monoisotopic (exact) mass is 349 g/mol. The second kappa shape index (κ2) is 8.36. The van der Waals surface area contributed by atoms with Crippen LogP contribution in [0.5, 0.6) is 11.5 Å². The van der Waals surface area contributed by atoms with Crippen molar-refractivity contribution < 1.29 is 9.84 Å². The molecule has 0 fully saturated rings. The highest BCUT2D eigenvalue weighted by atomic mass is 35.5. The van der Waals surface area contributed by atoms with E-state index in [0.717, 1.165) is 11.3 Å². The number of nitrogens with zero attached hydrogens (tertiary/aromatic N) is 1. The lowest BCUT2D eigenvalue weighted by molar-refractivity contribution is 0.318. The van der Waals surface area contributed by atoms with Crippen molar-refractivity contribution in [3.05, 3.63) is 53.1 Å². The Balaban J connectivity index is 1.93. The molecule has 0 bridgehead atoms. The minimum atomic E-state index is 0.0927. The quantitative estimate of drug-likeness (QED) is 0.435. The number of halogens is 1. The van der Waals surface area contributed by atoms with Gasteiger partial charge in [0.25, 0.3) is 0 Å². The lowest BCUT2D eigenvalue weighted by Gasteiger charge is -2.07. The molecule has 0 aliphatic carbocycles. The fraction of sp³-hybridized carbons (Fsp3) is 0.125. The standard InChI is InChI=1S/C16H16ClN3O2S/c1-2-22-15-8-11(6-7-14(15)21)10-18-20-16(23)19-13-5-3-4-12(17)9-13/h3-10,21H,2H2,1H3,(H2,19,20,23)/b18-10+. The molecule has 0 aliphatic heterocycles. The van der Waals surface area contributed by atoms with Gasteiger partial charge in [-0.2, -0.15) is 5.10 Å². The molecule has 0 saturated heterocycles. The maximum Gasteiger partial charge on any atom is 0.191 e. The van der Waals surface area contributed by atoms with Gasteiger partial charge in [-0.1, -0.05) is 17.7 Å². The zero-order valence-electron chi connectivity index (χ0n) is 12.4. The van der Waals surface area contributed by atoms with Gasteiger partial charge in [0, 0.05) is 10.7 Å². The van der Waals surface area contributed by atoms with Crippen molar-refractivity contribution in [2.24, 2.45) is 5.10 Å². The second-order valence-corrected chi connectivity index (χ2v) is 5.34. The molecule has 120 valence electrons. The molecule has 5 nitrogen and oxygen atoms in total. The Bertz CT molecular complexity index is 722. The number of hydrazone groups is 1. The topological polar surface area (TPSA) is 65.9 Å². The third-order valence-electron chi connectivity index (χ3n) is 2.75. The van der Waals surface area contributed by atoms with Crippen LogP contribution in [0.1, 0.15) is 12.5 Å². The summed E-state index contributed by atoms with van der Waals surface area (Å²) >= 11 is 11.0. The first-order valence-electron chi connectivity index (χ1n) is 6.90. The van der Waals surface area contributed by atoms with E-state index in [1.54, 1.807) is 36.5 Å². The Labute approximate surface area is 144 Å². The summed E-state index contributed by atoms with van der Waals surface area (Å²) in [5, 5.41) is 17.6. The normalized spacial score (nSPS) is 10.5. The van der Waals surface area contributed by atoms with E-state index in [0.29, 0.717) is 22.5 Å². The van der Waals surface area contributed by atoms with E-state index >= 15 is 0 Å². The molecule has 23 heavy (non-hydrogen) atoms. The lowest BCUT2D eigenvalue weighted by atomic mass is 10.2. The van der Waals surface area contributed by atoms with E-state index in [2.05, 4.69) is 15.8 Å². The molecule has 2 aromatic rings. The van der Waals surface area contributed by atoms with Crippen LogP contribution in [0.4, 0.5) is 5.69 Å². The van der Waals surface area contributed by atoms with E-state index in [4.69, 9.17) is 28.6 Å². The van der Waals surface area contributed by atoms with Crippen LogP contribution in [0.15, 0.2) is 47.6 Å². The van der Waals surface area contributed by atoms with Crippen LogP contribution in [-0.2, 0) is 0 Å². The molecular weight excluding hydrogens is 334 g/mol. The molecule has 0 saturated carbocycles. The third kappa shape index (κ3) is 5.43. The summed E-state index contributed by atoms with van der Waals surface area (Å²) in [6, 6.07) is 12.2. The van der Waals surface area contributed by atoms with E-state index in [1.165, 1.54) is 0 Å². The van der Waals surface area contributed by atoms with Crippen LogP contribution in [0.2, 0.25) is 5.02 Å². The van der Waals surface area contributed by atoms with Gasteiger partial charge in [-0.05, 0) is 61.1 Å². The zero-order valence-corrected chi connectivity index (χ0v) is 14.0. The predicted octanol–water partition coefficient (Wildman–Crippen LogP) is 3.76. The lowest BCUT2D eigenvalue weighted by Crippen LogP contribution is -2.23. The number of anilines is 1. The summed E-state index contributed by atoms with van der Waals surface area (Å²) in [5.41, 5.74) is 4.25. The van der Waals surface area contributed by atoms with Crippen molar-refractivity contribution in [1.82, 2.24) is 5.43 Å². The van der Waals surface area contributed by atoms with Crippen LogP contribution < -0.4 is 15.5 Å². The first-order chi connectivity index (χ1) is 11.1. The maximum atomic E-state index is 9.64. The molecule has 3 N–H and O–H groups in total. The molecule has 0 spiro atoms. The van der Waals surface area contributed by atoms with Gasteiger partial charge in [0.15, 0.2) is 16.6 Å². The SMILES string of the molecule is CCOc1cc(/C=N/NC(=S)Nc2cccc(Cl)c2)ccc1O. The average molecular weight is 350 g/mol. The number of hydrogen-bond acceptors (Lipinski definition) is 4. The number of benzene rings is 2. The van der Waals surface area contributed by atoms with Gasteiger partial charge in [0.2, 0.25) is 0 Å². The predicted molar refractivity (Wildman–Crippen MR) is 97.7 cm³/mol. The van der Waals surface area contributed by atoms with Crippen molar-refractivity contribution in [2.75, 3.05) is 11.9 Å². The Hall–Kier alpha value is -2.31. The van der Waals surface area contributed by atoms with Gasteiger partial charge in [-0.3, -0.25) is 5.43 Å². The van der Waals surface area contributed by atoms with E-state index in [9.17, 15) is 5.11 Å². The number of aromatic hydroxyl groups is 1. The number of rotatable bonds is 5. The summed E-state index contributed by atoms with van der Waals surface area (Å²) in [5.74, 6) is 0.506. The highest BCUT2D eigenvalue weighted by molar-refractivity contribution is 7.80. The smallest absolute Gasteiger partial charge is 0.191 e. The summed E-state index contributed by atoms with van der Waals surface area (Å²) < 4.78 is 5.31. The van der Waals surface area contributed by atoms with Gasteiger partial charge in [-0.15, -0.1) is 0 Å². The summed E-state index contributed by atoms with van der Waals surface area (Å²) in [4.78, 5) is 0. The van der Waals surface area contributed by atoms with E-state index in [1.807, 2.05) is 19.1 Å². The Morgan fingerprint density at radius 3 is 2.91 bits per heavy atom. The number of ether oxygens (including phenoxy) is 1. The van der Waals surface area contributed by atoms with Crippen LogP contribution in [-0.4, -0.2) is 23.0 Å². The molecule has 0 radical (unpaired) electrons. The first kappa shape index (κ1) is 17.1. The van der Waals surface area contributed by atoms with Gasteiger partial charge in [-0.25, -0.2) is 0 Å². The molecule has 0 heterocycles. The number of hydrogen-bond donors (Lipinski definition) is 3. The highest BCUT2D eigenvalue weighted by Gasteiger charge is 2.02. The summed E-state index contributed by atoms with van der Waals surface area (Å²) in [6.45, 7) is 2.32. The largest absolute Gasteiger partial charge is 0.504 e. The summed E-state index contributed by atoms with van der Waals surface area (Å²) in [6.07, 6.45) is 1.58. The van der Waals surface area contributed by atoms with Crippen molar-refractivity contribution in [2.45, 2.75) is 6.92 Å². The number of phenols is 1. The zero-order chi connectivity index (χ0) is 16.7. The Morgan fingerprint density at radius 2 is 2.17 bits per heavy atom. The summed E-state index contributed by atoms with van der Waals surface area (Å²) in [7, 11) is 0. The second-order valence-electron chi connectivity index (χ2n) is 4.49. The minimum Gasteiger partial charge on any atom is -0.504 e. The number of thiocarbonyl (C=S) groups is 1. The van der Waals surface area contributed by atoms with Crippen molar-refractivity contribution in [3.63, 3.8) is 0 Å². The van der Waals surface area contributed by atoms with Crippen LogP contribution in [0.25, 0.3) is 0 Å². The number of nitrogens with one attached hydrogen (secondary N) is 2. The highest BCUT2D eigenvalue weighted by Crippen LogP contribution is 2.26. The van der Waals surface area contributed by atoms with Crippen molar-refractivity contribution in [1.29, 1.82) is 0 Å². The van der Waals surface area contributed by atoms with Crippen LogP contribution >= 0.6 is 23.8 Å². The molecule has 2 aromatic carbocycles. The molecule has 0 unspecified atom stereocenters. The fourth-order valence-electron chi connectivity index (χ4n) is 1.77. The van der Waals surface area contributed by atoms with Crippen LogP contribution in [0, 0.1) is 0 Å². The molecule has 0 amide bonds. The van der Waals surface area contributed by atoms with Gasteiger partial charge in [0.1, 0.15) is 0 Å². The third-order valence-corrected chi connectivity index (χ3v) is 3.17. The van der Waals surface area contributed by atoms with Crippen molar-refractivity contribution >= 4 is 40.8 Å². The minimum absolute atomic E-state index is 0.0927.